The second-order valence-corrected chi connectivity index (χ2v) is 2.49. The van der Waals surface area contributed by atoms with Crippen LogP contribution in [-0.2, 0) is 11.4 Å². The molecule has 0 unspecified atom stereocenters. The van der Waals surface area contributed by atoms with E-state index >= 15 is 0 Å². The third-order valence-electron chi connectivity index (χ3n) is 1.27. The highest BCUT2D eigenvalue weighted by Gasteiger charge is 2.00. The quantitative estimate of drug-likeness (QED) is 0.666. The van der Waals surface area contributed by atoms with E-state index in [0.29, 0.717) is 10.6 Å². The minimum absolute atomic E-state index is 0.154. The van der Waals surface area contributed by atoms with Crippen LogP contribution >= 0.6 is 11.6 Å². The van der Waals surface area contributed by atoms with Crippen molar-refractivity contribution >= 4 is 11.6 Å². The molecule has 0 atom stereocenters. The number of halogens is 1. The van der Waals surface area contributed by atoms with Crippen molar-refractivity contribution in [2.24, 2.45) is 5.90 Å². The van der Waals surface area contributed by atoms with Crippen molar-refractivity contribution in [1.29, 1.82) is 0 Å². The van der Waals surface area contributed by atoms with Gasteiger partial charge >= 0.3 is 0 Å². The molecule has 0 saturated carbocycles. The standard InChI is InChI=1S/C7H8ClNO2/c8-7-2-1-6(10)3-5(7)4-11-9/h1-3,10H,4,9H2. The molecular weight excluding hydrogens is 166 g/mol. The van der Waals surface area contributed by atoms with Crippen molar-refractivity contribution in [2.75, 3.05) is 0 Å². The highest BCUT2D eigenvalue weighted by molar-refractivity contribution is 6.31. The Bertz CT molecular complexity index is 252. The molecule has 3 N–H and O–H groups in total. The lowest BCUT2D eigenvalue weighted by atomic mass is 10.2. The second-order valence-electron chi connectivity index (χ2n) is 2.09. The van der Waals surface area contributed by atoms with Gasteiger partial charge in [0.25, 0.3) is 0 Å². The van der Waals surface area contributed by atoms with Crippen LogP contribution in [0, 0.1) is 0 Å². The van der Waals surface area contributed by atoms with Crippen LogP contribution in [0.5, 0.6) is 5.75 Å². The van der Waals surface area contributed by atoms with E-state index in [-0.39, 0.29) is 12.4 Å². The van der Waals surface area contributed by atoms with Gasteiger partial charge in [0.1, 0.15) is 5.75 Å². The number of hydrogen-bond donors (Lipinski definition) is 2. The summed E-state index contributed by atoms with van der Waals surface area (Å²) in [6.07, 6.45) is 0. The van der Waals surface area contributed by atoms with Crippen LogP contribution in [0.25, 0.3) is 0 Å². The first-order valence-corrected chi connectivity index (χ1v) is 3.41. The summed E-state index contributed by atoms with van der Waals surface area (Å²) in [7, 11) is 0. The molecule has 60 valence electrons. The molecule has 0 fully saturated rings. The highest BCUT2D eigenvalue weighted by Crippen LogP contribution is 2.21. The van der Waals surface area contributed by atoms with Gasteiger partial charge in [-0.05, 0) is 18.2 Å². The molecule has 0 aliphatic rings. The molecule has 0 bridgehead atoms. The summed E-state index contributed by atoms with van der Waals surface area (Å²) >= 11 is 5.73. The van der Waals surface area contributed by atoms with Gasteiger partial charge in [-0.2, -0.15) is 0 Å². The zero-order chi connectivity index (χ0) is 8.27. The number of benzene rings is 1. The van der Waals surface area contributed by atoms with Gasteiger partial charge in [0.15, 0.2) is 0 Å². The largest absolute Gasteiger partial charge is 0.508 e. The first-order chi connectivity index (χ1) is 5.24. The van der Waals surface area contributed by atoms with E-state index in [0.717, 1.165) is 0 Å². The average Bonchev–Trinajstić information content (AvgIpc) is 1.98. The van der Waals surface area contributed by atoms with Crippen molar-refractivity contribution < 1.29 is 9.94 Å². The van der Waals surface area contributed by atoms with Crippen molar-refractivity contribution in [3.05, 3.63) is 28.8 Å². The van der Waals surface area contributed by atoms with Gasteiger partial charge in [0, 0.05) is 10.6 Å². The molecular formula is C7H8ClNO2. The van der Waals surface area contributed by atoms with Crippen LogP contribution in [-0.4, -0.2) is 5.11 Å². The van der Waals surface area contributed by atoms with Crippen LogP contribution in [0.4, 0.5) is 0 Å². The SMILES string of the molecule is NOCc1cc(O)ccc1Cl. The van der Waals surface area contributed by atoms with Crippen LogP contribution in [0.15, 0.2) is 18.2 Å². The predicted octanol–water partition coefficient (Wildman–Crippen LogP) is 1.44. The van der Waals surface area contributed by atoms with Crippen molar-refractivity contribution in [3.8, 4) is 5.75 Å². The third kappa shape index (κ3) is 2.08. The summed E-state index contributed by atoms with van der Waals surface area (Å²) in [6, 6.07) is 4.60. The number of phenols is 1. The average molecular weight is 174 g/mol. The molecule has 1 rings (SSSR count). The van der Waals surface area contributed by atoms with Crippen molar-refractivity contribution in [1.82, 2.24) is 0 Å². The molecule has 0 aromatic heterocycles. The van der Waals surface area contributed by atoms with Crippen LogP contribution in [0.2, 0.25) is 5.02 Å². The Hall–Kier alpha value is -0.770. The number of aromatic hydroxyl groups is 1. The fraction of sp³-hybridized carbons (Fsp3) is 0.143. The second kappa shape index (κ2) is 3.57. The Labute approximate surface area is 69.3 Å². The van der Waals surface area contributed by atoms with Gasteiger partial charge < -0.3 is 5.11 Å². The van der Waals surface area contributed by atoms with Gasteiger partial charge in [-0.15, -0.1) is 0 Å². The number of nitrogens with two attached hydrogens (primary N) is 1. The third-order valence-corrected chi connectivity index (χ3v) is 1.64. The van der Waals surface area contributed by atoms with Crippen LogP contribution < -0.4 is 5.90 Å². The smallest absolute Gasteiger partial charge is 0.116 e. The van der Waals surface area contributed by atoms with Gasteiger partial charge in [-0.3, -0.25) is 4.84 Å². The molecule has 0 heterocycles. The fourth-order valence-corrected chi connectivity index (χ4v) is 0.934. The van der Waals surface area contributed by atoms with E-state index in [2.05, 4.69) is 4.84 Å². The lowest BCUT2D eigenvalue weighted by Gasteiger charge is -2.01. The summed E-state index contributed by atoms with van der Waals surface area (Å²) in [6.45, 7) is 0.202. The summed E-state index contributed by atoms with van der Waals surface area (Å²) in [4.78, 5) is 4.37. The van der Waals surface area contributed by atoms with E-state index in [9.17, 15) is 0 Å². The Kier molecular flexibility index (Phi) is 2.70. The maximum Gasteiger partial charge on any atom is 0.116 e. The zero-order valence-corrected chi connectivity index (χ0v) is 6.51. The summed E-state index contributed by atoms with van der Waals surface area (Å²) < 4.78 is 0. The van der Waals surface area contributed by atoms with Crippen LogP contribution in [0.3, 0.4) is 0 Å². The molecule has 0 aliphatic heterocycles. The molecule has 0 radical (unpaired) electrons. The predicted molar refractivity (Wildman–Crippen MR) is 42.1 cm³/mol. The summed E-state index contributed by atoms with van der Waals surface area (Å²) in [5, 5.41) is 9.54. The molecule has 0 spiro atoms. The summed E-state index contributed by atoms with van der Waals surface area (Å²) in [5.74, 6) is 4.99. The first-order valence-electron chi connectivity index (χ1n) is 3.03. The minimum Gasteiger partial charge on any atom is -0.508 e. The van der Waals surface area contributed by atoms with Crippen LogP contribution in [0.1, 0.15) is 5.56 Å². The van der Waals surface area contributed by atoms with Gasteiger partial charge in [-0.25, -0.2) is 5.90 Å². The lowest BCUT2D eigenvalue weighted by molar-refractivity contribution is 0.124. The fourth-order valence-electron chi connectivity index (χ4n) is 0.762. The number of hydrogen-bond acceptors (Lipinski definition) is 3. The highest BCUT2D eigenvalue weighted by atomic mass is 35.5. The van der Waals surface area contributed by atoms with Crippen molar-refractivity contribution in [2.45, 2.75) is 6.61 Å². The maximum absolute atomic E-state index is 9.01. The van der Waals surface area contributed by atoms with Gasteiger partial charge in [0.2, 0.25) is 0 Å². The molecule has 0 amide bonds. The van der Waals surface area contributed by atoms with E-state index < -0.39 is 0 Å². The van der Waals surface area contributed by atoms with E-state index in [1.54, 1.807) is 6.07 Å². The van der Waals surface area contributed by atoms with Crippen molar-refractivity contribution in [3.63, 3.8) is 0 Å². The minimum atomic E-state index is 0.154. The van der Waals surface area contributed by atoms with Gasteiger partial charge in [-0.1, -0.05) is 11.6 Å². The molecule has 0 saturated heterocycles. The first kappa shape index (κ1) is 8.33. The molecule has 11 heavy (non-hydrogen) atoms. The molecule has 1 aromatic carbocycles. The molecule has 3 nitrogen and oxygen atoms in total. The lowest BCUT2D eigenvalue weighted by Crippen LogP contribution is -1.99. The van der Waals surface area contributed by atoms with E-state index in [1.807, 2.05) is 0 Å². The van der Waals surface area contributed by atoms with E-state index in [4.69, 9.17) is 22.6 Å². The van der Waals surface area contributed by atoms with E-state index in [1.165, 1.54) is 12.1 Å². The maximum atomic E-state index is 9.01. The van der Waals surface area contributed by atoms with Gasteiger partial charge in [0.05, 0.1) is 6.61 Å². The monoisotopic (exact) mass is 173 g/mol. The number of phenolic OH excluding ortho intramolecular Hbond substituents is 1. The molecule has 4 heteroatoms. The molecule has 1 aromatic rings. The summed E-state index contributed by atoms with van der Waals surface area (Å²) in [5.41, 5.74) is 0.675. The Balaban J connectivity index is 2.93. The Morgan fingerprint density at radius 3 is 2.91 bits per heavy atom. The zero-order valence-electron chi connectivity index (χ0n) is 5.75. The normalized spacial score (nSPS) is 10.0. The topological polar surface area (TPSA) is 55.5 Å². The number of rotatable bonds is 2. The molecule has 0 aliphatic carbocycles. The Morgan fingerprint density at radius 2 is 2.27 bits per heavy atom. The Morgan fingerprint density at radius 1 is 1.55 bits per heavy atom.